The normalized spacial score (nSPS) is 12.3. The van der Waals surface area contributed by atoms with E-state index in [1.54, 1.807) is 19.1 Å². The van der Waals surface area contributed by atoms with E-state index in [0.29, 0.717) is 5.56 Å². The fourth-order valence-corrected chi connectivity index (χ4v) is 2.91. The van der Waals surface area contributed by atoms with E-state index >= 15 is 0 Å². The van der Waals surface area contributed by atoms with Crippen LogP contribution in [0.25, 0.3) is 0 Å². The quantitative estimate of drug-likeness (QED) is 0.829. The summed E-state index contributed by atoms with van der Waals surface area (Å²) in [5.74, 6) is -2.41. The number of benzene rings is 2. The number of nitrogens with one attached hydrogen (secondary N) is 2. The van der Waals surface area contributed by atoms with Crippen LogP contribution in [0.4, 0.5) is 19.3 Å². The Hall–Kier alpha value is -2.68. The molecule has 0 aromatic heterocycles. The zero-order valence-corrected chi connectivity index (χ0v) is 15.2. The summed E-state index contributed by atoms with van der Waals surface area (Å²) in [7, 11) is -2.17. The number of sulfone groups is 1. The fourth-order valence-electron chi connectivity index (χ4n) is 2.28. The molecule has 1 atom stereocenters. The molecule has 140 valence electrons. The number of hydrogen-bond acceptors (Lipinski definition) is 4. The minimum absolute atomic E-state index is 0.0714. The van der Waals surface area contributed by atoms with Crippen LogP contribution in [0, 0.1) is 11.6 Å². The lowest BCUT2D eigenvalue weighted by Gasteiger charge is -2.16. The number of ether oxygens (including phenoxy) is 1. The van der Waals surface area contributed by atoms with Crippen LogP contribution in [0.1, 0.15) is 18.5 Å². The average Bonchev–Trinajstić information content (AvgIpc) is 2.53. The Morgan fingerprint density at radius 3 is 2.12 bits per heavy atom. The molecule has 2 amide bonds. The van der Waals surface area contributed by atoms with Crippen LogP contribution in [0.5, 0.6) is 5.75 Å². The highest BCUT2D eigenvalue weighted by Gasteiger charge is 2.15. The van der Waals surface area contributed by atoms with Crippen molar-refractivity contribution in [2.45, 2.75) is 17.9 Å². The number of halogens is 2. The Labute approximate surface area is 150 Å². The van der Waals surface area contributed by atoms with Gasteiger partial charge in [0.1, 0.15) is 0 Å². The number of anilines is 1. The predicted molar refractivity (Wildman–Crippen MR) is 93.0 cm³/mol. The molecule has 26 heavy (non-hydrogen) atoms. The first-order valence-corrected chi connectivity index (χ1v) is 9.41. The van der Waals surface area contributed by atoms with Crippen molar-refractivity contribution in [2.24, 2.45) is 0 Å². The van der Waals surface area contributed by atoms with Crippen LogP contribution < -0.4 is 15.4 Å². The molecule has 0 saturated carbocycles. The zero-order valence-electron chi connectivity index (χ0n) is 14.3. The topological polar surface area (TPSA) is 84.5 Å². The van der Waals surface area contributed by atoms with E-state index in [1.807, 2.05) is 0 Å². The first kappa shape index (κ1) is 19.6. The van der Waals surface area contributed by atoms with Crippen LogP contribution in [0.2, 0.25) is 0 Å². The van der Waals surface area contributed by atoms with Crippen molar-refractivity contribution in [1.82, 2.24) is 5.32 Å². The molecule has 0 bridgehead atoms. The third-order valence-corrected chi connectivity index (χ3v) is 4.74. The van der Waals surface area contributed by atoms with E-state index in [1.165, 1.54) is 12.1 Å². The maximum absolute atomic E-state index is 13.6. The zero-order chi connectivity index (χ0) is 19.5. The van der Waals surface area contributed by atoms with Crippen LogP contribution >= 0.6 is 0 Å². The van der Waals surface area contributed by atoms with Crippen molar-refractivity contribution in [3.8, 4) is 5.75 Å². The average molecular weight is 384 g/mol. The number of carbonyl (C=O) groups is 1. The van der Waals surface area contributed by atoms with Gasteiger partial charge in [0, 0.05) is 24.1 Å². The van der Waals surface area contributed by atoms with Crippen molar-refractivity contribution in [3.05, 3.63) is 53.6 Å². The number of amides is 2. The van der Waals surface area contributed by atoms with Crippen molar-refractivity contribution in [3.63, 3.8) is 0 Å². The SMILES string of the molecule is COc1c(F)cc(NC(=O)NC(C)c2ccc(S(C)(=O)=O)cc2)cc1F. The molecule has 2 rings (SSSR count). The van der Waals surface area contributed by atoms with Gasteiger partial charge < -0.3 is 15.4 Å². The third-order valence-electron chi connectivity index (χ3n) is 3.62. The molecule has 0 aliphatic carbocycles. The van der Waals surface area contributed by atoms with Crippen LogP contribution in [0.15, 0.2) is 41.3 Å². The lowest BCUT2D eigenvalue weighted by Crippen LogP contribution is -2.31. The molecule has 9 heteroatoms. The van der Waals surface area contributed by atoms with Gasteiger partial charge in [-0.25, -0.2) is 22.0 Å². The molecule has 2 N–H and O–H groups in total. The summed E-state index contributed by atoms with van der Waals surface area (Å²) in [6.07, 6.45) is 1.10. The number of urea groups is 1. The molecular formula is C17H18F2N2O4S. The van der Waals surface area contributed by atoms with Crippen LogP contribution in [-0.4, -0.2) is 27.8 Å². The van der Waals surface area contributed by atoms with E-state index in [-0.39, 0.29) is 10.6 Å². The monoisotopic (exact) mass is 384 g/mol. The fraction of sp³-hybridized carbons (Fsp3) is 0.235. The van der Waals surface area contributed by atoms with Crippen LogP contribution in [0.3, 0.4) is 0 Å². The Kier molecular flexibility index (Phi) is 5.81. The van der Waals surface area contributed by atoms with Crippen LogP contribution in [-0.2, 0) is 9.84 Å². The van der Waals surface area contributed by atoms with Gasteiger partial charge in [0.2, 0.25) is 0 Å². The van der Waals surface area contributed by atoms with Gasteiger partial charge in [-0.3, -0.25) is 0 Å². The molecule has 2 aromatic carbocycles. The van der Waals surface area contributed by atoms with E-state index in [2.05, 4.69) is 15.4 Å². The second-order valence-corrected chi connectivity index (χ2v) is 7.65. The molecule has 2 aromatic rings. The molecule has 0 fully saturated rings. The van der Waals surface area contributed by atoms with Crippen molar-refractivity contribution in [1.29, 1.82) is 0 Å². The highest BCUT2D eigenvalue weighted by atomic mass is 32.2. The molecular weight excluding hydrogens is 366 g/mol. The highest BCUT2D eigenvalue weighted by molar-refractivity contribution is 7.90. The third kappa shape index (κ3) is 4.69. The van der Waals surface area contributed by atoms with E-state index < -0.39 is 39.3 Å². The Bertz CT molecular complexity index is 892. The Balaban J connectivity index is 2.05. The molecule has 0 aliphatic rings. The standard InChI is InChI=1S/C17H18F2N2O4S/c1-10(11-4-6-13(7-5-11)26(3,23)24)20-17(22)21-12-8-14(18)16(25-2)15(19)9-12/h4-10H,1-3H3,(H2,20,21,22). The summed E-state index contributed by atoms with van der Waals surface area (Å²) in [5, 5.41) is 4.92. The molecule has 0 heterocycles. The van der Waals surface area contributed by atoms with E-state index in [0.717, 1.165) is 25.5 Å². The largest absolute Gasteiger partial charge is 0.491 e. The number of carbonyl (C=O) groups excluding carboxylic acids is 1. The second kappa shape index (κ2) is 7.69. The van der Waals surface area contributed by atoms with Gasteiger partial charge in [0.05, 0.1) is 18.0 Å². The summed E-state index contributed by atoms with van der Waals surface area (Å²) < 4.78 is 54.7. The first-order chi connectivity index (χ1) is 12.1. The Morgan fingerprint density at radius 2 is 1.65 bits per heavy atom. The molecule has 0 radical (unpaired) electrons. The summed E-state index contributed by atoms with van der Waals surface area (Å²) in [6, 6.07) is 6.77. The van der Waals surface area contributed by atoms with Crippen molar-refractivity contribution in [2.75, 3.05) is 18.7 Å². The number of methoxy groups -OCH3 is 1. The Morgan fingerprint density at radius 1 is 1.12 bits per heavy atom. The van der Waals surface area contributed by atoms with Gasteiger partial charge in [0.25, 0.3) is 0 Å². The summed E-state index contributed by atoms with van der Waals surface area (Å²) in [5.41, 5.74) is 0.595. The summed E-state index contributed by atoms with van der Waals surface area (Å²) >= 11 is 0. The maximum atomic E-state index is 13.6. The van der Waals surface area contributed by atoms with E-state index in [9.17, 15) is 22.0 Å². The molecule has 0 spiro atoms. The van der Waals surface area contributed by atoms with Gasteiger partial charge in [-0.05, 0) is 24.6 Å². The number of rotatable bonds is 5. The van der Waals surface area contributed by atoms with Gasteiger partial charge in [-0.15, -0.1) is 0 Å². The molecule has 0 saturated heterocycles. The highest BCUT2D eigenvalue weighted by Crippen LogP contribution is 2.25. The lowest BCUT2D eigenvalue weighted by atomic mass is 10.1. The molecule has 0 aliphatic heterocycles. The molecule has 1 unspecified atom stereocenters. The second-order valence-electron chi connectivity index (χ2n) is 5.63. The summed E-state index contributed by atoms with van der Waals surface area (Å²) in [6.45, 7) is 1.68. The van der Waals surface area contributed by atoms with Gasteiger partial charge in [-0.1, -0.05) is 12.1 Å². The van der Waals surface area contributed by atoms with Crippen molar-refractivity contribution >= 4 is 21.6 Å². The van der Waals surface area contributed by atoms with Gasteiger partial charge >= 0.3 is 6.03 Å². The minimum atomic E-state index is -3.30. The molecule has 6 nitrogen and oxygen atoms in total. The lowest BCUT2D eigenvalue weighted by molar-refractivity contribution is 0.249. The minimum Gasteiger partial charge on any atom is -0.491 e. The first-order valence-electron chi connectivity index (χ1n) is 7.52. The maximum Gasteiger partial charge on any atom is 0.319 e. The van der Waals surface area contributed by atoms with Gasteiger partial charge in [0.15, 0.2) is 27.2 Å². The van der Waals surface area contributed by atoms with Crippen molar-refractivity contribution < 1.29 is 26.7 Å². The van der Waals surface area contributed by atoms with E-state index in [4.69, 9.17) is 0 Å². The smallest absolute Gasteiger partial charge is 0.319 e. The number of hydrogen-bond donors (Lipinski definition) is 2. The van der Waals surface area contributed by atoms with Gasteiger partial charge in [-0.2, -0.15) is 0 Å². The predicted octanol–water partition coefficient (Wildman–Crippen LogP) is 3.26. The summed E-state index contributed by atoms with van der Waals surface area (Å²) in [4.78, 5) is 12.2.